The minimum Gasteiger partial charge on any atom is -0.365 e. The van der Waals surface area contributed by atoms with Crippen LogP contribution in [0, 0.1) is 10.1 Å². The molecule has 1 atom stereocenters. The van der Waals surface area contributed by atoms with Gasteiger partial charge in [-0.1, -0.05) is 70.1 Å². The zero-order chi connectivity index (χ0) is 21.0. The fraction of sp³-hybridized carbons (Fsp3) is 0.895. The zero-order valence-electron chi connectivity index (χ0n) is 17.9. The van der Waals surface area contributed by atoms with Gasteiger partial charge in [0.2, 0.25) is 5.91 Å². The number of hydrogen-bond acceptors (Lipinski definition) is 5. The van der Waals surface area contributed by atoms with Gasteiger partial charge < -0.3 is 16.8 Å². The highest BCUT2D eigenvalue weighted by atomic mass is 35.5. The molecule has 9 nitrogen and oxygen atoms in total. The quantitative estimate of drug-likeness (QED) is 0.0852. The Morgan fingerprint density at radius 1 is 1.00 bits per heavy atom. The number of hydrazine groups is 1. The molecule has 0 radical (unpaired) electrons. The first-order valence-corrected chi connectivity index (χ1v) is 10.7. The van der Waals surface area contributed by atoms with Gasteiger partial charge in [-0.05, 0) is 25.7 Å². The molecule has 0 aliphatic carbocycles. The molecule has 0 bridgehead atoms. The minimum absolute atomic E-state index is 0. The van der Waals surface area contributed by atoms with Crippen molar-refractivity contribution in [3.63, 3.8) is 0 Å². The molecule has 0 spiro atoms. The maximum absolute atomic E-state index is 11.9. The maximum atomic E-state index is 11.9. The third kappa shape index (κ3) is 20.9. The number of aliphatic imine (C=N–C) groups is 1. The van der Waals surface area contributed by atoms with Crippen LogP contribution >= 0.6 is 12.4 Å². The second-order valence-corrected chi connectivity index (χ2v) is 7.21. The van der Waals surface area contributed by atoms with Crippen LogP contribution in [0.3, 0.4) is 0 Å². The lowest BCUT2D eigenvalue weighted by atomic mass is 10.1. The number of amides is 1. The van der Waals surface area contributed by atoms with E-state index >= 15 is 0 Å². The summed E-state index contributed by atoms with van der Waals surface area (Å²) in [5.41, 5.74) is 13.0. The monoisotopic (exact) mass is 436 g/mol. The lowest BCUT2D eigenvalue weighted by Gasteiger charge is -2.12. The summed E-state index contributed by atoms with van der Waals surface area (Å²) in [6.07, 6.45) is 14.6. The SMILES string of the molecule is CCCCCCCCCCCCNC(=O)C(N)CCCCN=C(N)N[N+](=O)[O-].Cl. The summed E-state index contributed by atoms with van der Waals surface area (Å²) in [6, 6.07) is -0.527. The predicted molar refractivity (Wildman–Crippen MR) is 121 cm³/mol. The molecule has 0 rings (SSSR count). The summed E-state index contributed by atoms with van der Waals surface area (Å²) in [7, 11) is 0. The van der Waals surface area contributed by atoms with E-state index in [9.17, 15) is 14.9 Å². The highest BCUT2D eigenvalue weighted by Crippen LogP contribution is 2.10. The molecular formula is C19H41ClN6O3. The van der Waals surface area contributed by atoms with Crippen molar-refractivity contribution in [1.82, 2.24) is 10.7 Å². The fourth-order valence-corrected chi connectivity index (χ4v) is 2.89. The van der Waals surface area contributed by atoms with Crippen LogP contribution in [0.15, 0.2) is 4.99 Å². The summed E-state index contributed by atoms with van der Waals surface area (Å²) in [5, 5.41) is 12.3. The standard InChI is InChI=1S/C19H40N6O3.ClH/c1-2-3-4-5-6-7-8-9-10-12-15-22-18(26)17(20)14-11-13-16-23-19(21)24-25(27)28;/h17H,2-16,20H2,1H3,(H,22,26)(H3,21,23,24);1H. The molecule has 0 saturated carbocycles. The lowest BCUT2D eigenvalue weighted by molar-refractivity contribution is -0.525. The average molecular weight is 437 g/mol. The van der Waals surface area contributed by atoms with Gasteiger partial charge in [0, 0.05) is 13.1 Å². The first-order chi connectivity index (χ1) is 13.5. The number of carbonyl (C=O) groups excluding carboxylic acids is 1. The Labute approximate surface area is 181 Å². The van der Waals surface area contributed by atoms with E-state index in [0.717, 1.165) is 12.8 Å². The molecule has 0 aromatic heterocycles. The van der Waals surface area contributed by atoms with Gasteiger partial charge >= 0.3 is 0 Å². The van der Waals surface area contributed by atoms with Crippen molar-refractivity contribution >= 4 is 24.3 Å². The maximum Gasteiger partial charge on any atom is 0.251 e. The van der Waals surface area contributed by atoms with Crippen LogP contribution in [0.4, 0.5) is 0 Å². The molecule has 0 fully saturated rings. The zero-order valence-corrected chi connectivity index (χ0v) is 18.7. The summed E-state index contributed by atoms with van der Waals surface area (Å²) >= 11 is 0. The van der Waals surface area contributed by atoms with Gasteiger partial charge in [-0.15, -0.1) is 12.4 Å². The molecule has 0 saturated heterocycles. The van der Waals surface area contributed by atoms with Crippen LogP contribution in [0.2, 0.25) is 0 Å². The van der Waals surface area contributed by atoms with Crippen molar-refractivity contribution in [3.05, 3.63) is 10.1 Å². The number of nitrogens with two attached hydrogens (primary N) is 2. The van der Waals surface area contributed by atoms with Crippen LogP contribution in [0.25, 0.3) is 0 Å². The van der Waals surface area contributed by atoms with E-state index in [1.54, 1.807) is 5.43 Å². The summed E-state index contributed by atoms with van der Waals surface area (Å²) in [6.45, 7) is 3.27. The molecule has 0 aliphatic rings. The van der Waals surface area contributed by atoms with E-state index in [2.05, 4.69) is 17.2 Å². The summed E-state index contributed by atoms with van der Waals surface area (Å²) < 4.78 is 0. The van der Waals surface area contributed by atoms with Crippen LogP contribution in [0.5, 0.6) is 0 Å². The van der Waals surface area contributed by atoms with E-state index in [4.69, 9.17) is 11.5 Å². The van der Waals surface area contributed by atoms with Crippen molar-refractivity contribution in [2.24, 2.45) is 16.5 Å². The largest absolute Gasteiger partial charge is 0.365 e. The number of rotatable bonds is 18. The highest BCUT2D eigenvalue weighted by Gasteiger charge is 2.11. The van der Waals surface area contributed by atoms with E-state index in [-0.39, 0.29) is 24.3 Å². The van der Waals surface area contributed by atoms with Gasteiger partial charge in [0.25, 0.3) is 5.96 Å². The van der Waals surface area contributed by atoms with Gasteiger partial charge in [-0.25, -0.2) is 15.1 Å². The van der Waals surface area contributed by atoms with Crippen LogP contribution in [-0.4, -0.2) is 36.0 Å². The normalized spacial score (nSPS) is 12.1. The van der Waals surface area contributed by atoms with E-state index in [1.165, 1.54) is 51.4 Å². The van der Waals surface area contributed by atoms with Crippen LogP contribution in [-0.2, 0) is 4.79 Å². The van der Waals surface area contributed by atoms with E-state index in [1.807, 2.05) is 0 Å². The molecule has 29 heavy (non-hydrogen) atoms. The molecule has 172 valence electrons. The second kappa shape index (κ2) is 21.1. The van der Waals surface area contributed by atoms with Gasteiger partial charge in [-0.3, -0.25) is 4.79 Å². The molecule has 1 amide bonds. The number of guanidine groups is 1. The first kappa shape index (κ1) is 29.6. The Balaban J connectivity index is 0. The number of unbranched alkanes of at least 4 members (excludes halogenated alkanes) is 10. The third-order valence-electron chi connectivity index (χ3n) is 4.58. The number of nitrogens with zero attached hydrogens (tertiary/aromatic N) is 2. The minimum atomic E-state index is -0.756. The van der Waals surface area contributed by atoms with Gasteiger partial charge in [-0.2, -0.15) is 0 Å². The van der Waals surface area contributed by atoms with Crippen molar-refractivity contribution in [2.45, 2.75) is 96.4 Å². The predicted octanol–water partition coefficient (Wildman–Crippen LogP) is 3.04. The Morgan fingerprint density at radius 2 is 1.55 bits per heavy atom. The molecular weight excluding hydrogens is 396 g/mol. The molecule has 6 N–H and O–H groups in total. The second-order valence-electron chi connectivity index (χ2n) is 7.21. The van der Waals surface area contributed by atoms with Gasteiger partial charge in [0.15, 0.2) is 5.03 Å². The van der Waals surface area contributed by atoms with Crippen molar-refractivity contribution in [1.29, 1.82) is 0 Å². The summed E-state index contributed by atoms with van der Waals surface area (Å²) in [4.78, 5) is 25.9. The van der Waals surface area contributed by atoms with Crippen LogP contribution in [0.1, 0.15) is 90.4 Å². The Morgan fingerprint density at radius 3 is 2.10 bits per heavy atom. The van der Waals surface area contributed by atoms with Crippen molar-refractivity contribution in [3.8, 4) is 0 Å². The highest BCUT2D eigenvalue weighted by molar-refractivity contribution is 5.85. The molecule has 0 heterocycles. The number of halogens is 1. The number of hydrogen-bond donors (Lipinski definition) is 4. The Hall–Kier alpha value is -1.61. The number of nitrogens with one attached hydrogen (secondary N) is 2. The lowest BCUT2D eigenvalue weighted by Crippen LogP contribution is -2.40. The smallest absolute Gasteiger partial charge is 0.251 e. The fourth-order valence-electron chi connectivity index (χ4n) is 2.89. The molecule has 0 aliphatic heterocycles. The first-order valence-electron chi connectivity index (χ1n) is 10.7. The molecule has 0 aromatic carbocycles. The van der Waals surface area contributed by atoms with Crippen molar-refractivity contribution in [2.75, 3.05) is 13.1 Å². The molecule has 0 aromatic rings. The number of nitro groups is 1. The van der Waals surface area contributed by atoms with Gasteiger partial charge in [0.1, 0.15) is 0 Å². The average Bonchev–Trinajstić information content (AvgIpc) is 2.64. The number of carbonyl (C=O) groups is 1. The molecule has 1 unspecified atom stereocenters. The Kier molecular flexibility index (Phi) is 21.5. The topological polar surface area (TPSA) is 149 Å². The third-order valence-corrected chi connectivity index (χ3v) is 4.58. The summed E-state index contributed by atoms with van der Waals surface area (Å²) in [5.74, 6) is -0.336. The van der Waals surface area contributed by atoms with Gasteiger partial charge in [0.05, 0.1) is 6.04 Å². The van der Waals surface area contributed by atoms with E-state index in [0.29, 0.717) is 32.4 Å². The van der Waals surface area contributed by atoms with Crippen LogP contribution < -0.4 is 22.2 Å². The Bertz CT molecular complexity index is 452. The van der Waals surface area contributed by atoms with E-state index < -0.39 is 11.1 Å². The molecule has 10 heteroatoms. The van der Waals surface area contributed by atoms with Crippen molar-refractivity contribution < 1.29 is 9.83 Å².